The van der Waals surface area contributed by atoms with Crippen molar-refractivity contribution in [1.82, 2.24) is 0 Å². The van der Waals surface area contributed by atoms with E-state index in [0.29, 0.717) is 30.1 Å². The average Bonchev–Trinajstić information content (AvgIpc) is 2.18. The zero-order valence-corrected chi connectivity index (χ0v) is 7.92. The molecule has 0 aliphatic carbocycles. The summed E-state index contributed by atoms with van der Waals surface area (Å²) in [4.78, 5) is 0. The molecule has 0 saturated heterocycles. The Morgan fingerprint density at radius 1 is 1.57 bits per heavy atom. The zero-order chi connectivity index (χ0) is 10.1. The van der Waals surface area contributed by atoms with Crippen molar-refractivity contribution >= 4 is 0 Å². The van der Waals surface area contributed by atoms with Gasteiger partial charge >= 0.3 is 0 Å². The number of hydrogen-bond acceptors (Lipinski definition) is 3. The molecule has 0 radical (unpaired) electrons. The molecule has 1 aromatic rings. The third-order valence-corrected chi connectivity index (χ3v) is 2.34. The van der Waals surface area contributed by atoms with Gasteiger partial charge in [0.25, 0.3) is 0 Å². The van der Waals surface area contributed by atoms with E-state index in [1.54, 1.807) is 0 Å². The van der Waals surface area contributed by atoms with Gasteiger partial charge in [-0.3, -0.25) is 0 Å². The van der Waals surface area contributed by atoms with Crippen LogP contribution in [0.25, 0.3) is 0 Å². The fourth-order valence-corrected chi connectivity index (χ4v) is 1.61. The maximum absolute atomic E-state index is 13.1. The maximum atomic E-state index is 13.1. The van der Waals surface area contributed by atoms with Crippen molar-refractivity contribution in [3.05, 3.63) is 23.5 Å². The van der Waals surface area contributed by atoms with Crippen LogP contribution < -0.4 is 15.2 Å². The number of ether oxygens (including phenoxy) is 2. The van der Waals surface area contributed by atoms with Crippen LogP contribution in [0.3, 0.4) is 0 Å². The number of methoxy groups -OCH3 is 1. The summed E-state index contributed by atoms with van der Waals surface area (Å²) in [7, 11) is 1.48. The molecule has 0 spiro atoms. The predicted octanol–water partition coefficient (Wildman–Crippen LogP) is 1.62. The van der Waals surface area contributed by atoms with Crippen LogP contribution >= 0.6 is 0 Å². The Balaban J connectivity index is 2.54. The lowest BCUT2D eigenvalue weighted by Crippen LogP contribution is -2.21. The van der Waals surface area contributed by atoms with E-state index in [0.717, 1.165) is 0 Å². The molecule has 1 atom stereocenters. The topological polar surface area (TPSA) is 44.5 Å². The van der Waals surface area contributed by atoms with E-state index in [1.165, 1.54) is 19.2 Å². The summed E-state index contributed by atoms with van der Waals surface area (Å²) in [6.45, 7) is 0.552. The lowest BCUT2D eigenvalue weighted by molar-refractivity contribution is 0.251. The molecule has 1 aliphatic heterocycles. The first-order valence-corrected chi connectivity index (χ1v) is 4.48. The Morgan fingerprint density at radius 3 is 3.07 bits per heavy atom. The molecule has 1 aromatic carbocycles. The molecule has 0 aromatic heterocycles. The Kier molecular flexibility index (Phi) is 2.29. The summed E-state index contributed by atoms with van der Waals surface area (Å²) < 4.78 is 23.5. The molecule has 1 unspecified atom stereocenters. The standard InChI is InChI=1S/C10H12FNO2/c1-13-9-5-6(11)4-7-8(12)2-3-14-10(7)9/h4-5,8H,2-3,12H2,1H3. The molecule has 2 rings (SSSR count). The quantitative estimate of drug-likeness (QED) is 0.744. The van der Waals surface area contributed by atoms with Crippen molar-refractivity contribution in [1.29, 1.82) is 0 Å². The van der Waals surface area contributed by atoms with Crippen LogP contribution in [0.4, 0.5) is 4.39 Å². The molecule has 4 heteroatoms. The van der Waals surface area contributed by atoms with E-state index in [2.05, 4.69) is 0 Å². The second-order valence-electron chi connectivity index (χ2n) is 3.27. The van der Waals surface area contributed by atoms with Crippen molar-refractivity contribution < 1.29 is 13.9 Å². The molecule has 1 aliphatic rings. The Morgan fingerprint density at radius 2 is 2.36 bits per heavy atom. The van der Waals surface area contributed by atoms with Crippen molar-refractivity contribution in [2.24, 2.45) is 5.73 Å². The SMILES string of the molecule is COc1cc(F)cc2c1OCCC2N. The molecule has 14 heavy (non-hydrogen) atoms. The molecule has 0 saturated carbocycles. The summed E-state index contributed by atoms with van der Waals surface area (Å²) in [5.74, 6) is 0.643. The van der Waals surface area contributed by atoms with E-state index in [-0.39, 0.29) is 11.9 Å². The van der Waals surface area contributed by atoms with Crippen LogP contribution in [0.5, 0.6) is 11.5 Å². The van der Waals surface area contributed by atoms with Gasteiger partial charge in [0.15, 0.2) is 11.5 Å². The molecule has 3 nitrogen and oxygen atoms in total. The van der Waals surface area contributed by atoms with Crippen molar-refractivity contribution in [2.75, 3.05) is 13.7 Å². The largest absolute Gasteiger partial charge is 0.493 e. The molecule has 76 valence electrons. The minimum atomic E-state index is -0.346. The molecule has 1 heterocycles. The van der Waals surface area contributed by atoms with Gasteiger partial charge in [-0.1, -0.05) is 0 Å². The van der Waals surface area contributed by atoms with E-state index in [1.807, 2.05) is 0 Å². The highest BCUT2D eigenvalue weighted by molar-refractivity contribution is 5.49. The zero-order valence-electron chi connectivity index (χ0n) is 7.92. The summed E-state index contributed by atoms with van der Waals surface area (Å²) in [5, 5.41) is 0. The van der Waals surface area contributed by atoms with Gasteiger partial charge in [-0.05, 0) is 6.07 Å². The molecular formula is C10H12FNO2. The van der Waals surface area contributed by atoms with E-state index in [4.69, 9.17) is 15.2 Å². The first kappa shape index (κ1) is 9.27. The lowest BCUT2D eigenvalue weighted by atomic mass is 10.0. The van der Waals surface area contributed by atoms with E-state index in [9.17, 15) is 4.39 Å². The smallest absolute Gasteiger partial charge is 0.166 e. The second kappa shape index (κ2) is 3.46. The van der Waals surface area contributed by atoms with Crippen LogP contribution in [0.2, 0.25) is 0 Å². The van der Waals surface area contributed by atoms with Gasteiger partial charge in [0.05, 0.1) is 13.7 Å². The number of nitrogens with two attached hydrogens (primary N) is 1. The Bertz CT molecular complexity index is 354. The van der Waals surface area contributed by atoms with Gasteiger partial charge in [0.1, 0.15) is 5.82 Å². The van der Waals surface area contributed by atoms with Crippen LogP contribution in [-0.4, -0.2) is 13.7 Å². The summed E-state index contributed by atoms with van der Waals surface area (Å²) in [6, 6.07) is 2.54. The highest BCUT2D eigenvalue weighted by Gasteiger charge is 2.22. The minimum absolute atomic E-state index is 0.164. The van der Waals surface area contributed by atoms with E-state index >= 15 is 0 Å². The average molecular weight is 197 g/mol. The normalized spacial score (nSPS) is 19.8. The molecular weight excluding hydrogens is 185 g/mol. The fraction of sp³-hybridized carbons (Fsp3) is 0.400. The third-order valence-electron chi connectivity index (χ3n) is 2.34. The van der Waals surface area contributed by atoms with Crippen molar-refractivity contribution in [2.45, 2.75) is 12.5 Å². The molecule has 0 fully saturated rings. The number of hydrogen-bond donors (Lipinski definition) is 1. The lowest BCUT2D eigenvalue weighted by Gasteiger charge is -2.24. The predicted molar refractivity (Wildman–Crippen MR) is 50.0 cm³/mol. The van der Waals surface area contributed by atoms with Gasteiger partial charge in [-0.25, -0.2) is 4.39 Å². The highest BCUT2D eigenvalue weighted by Crippen LogP contribution is 2.38. The minimum Gasteiger partial charge on any atom is -0.493 e. The summed E-state index contributed by atoms with van der Waals surface area (Å²) >= 11 is 0. The molecule has 2 N–H and O–H groups in total. The third kappa shape index (κ3) is 1.42. The van der Waals surface area contributed by atoms with Crippen molar-refractivity contribution in [3.63, 3.8) is 0 Å². The van der Waals surface area contributed by atoms with Gasteiger partial charge in [-0.15, -0.1) is 0 Å². The van der Waals surface area contributed by atoms with Gasteiger partial charge < -0.3 is 15.2 Å². The van der Waals surface area contributed by atoms with Crippen LogP contribution in [0, 0.1) is 5.82 Å². The van der Waals surface area contributed by atoms with Crippen LogP contribution in [-0.2, 0) is 0 Å². The molecule has 0 amide bonds. The first-order valence-electron chi connectivity index (χ1n) is 4.48. The number of halogens is 1. The number of fused-ring (bicyclic) bond motifs is 1. The monoisotopic (exact) mass is 197 g/mol. The fourth-order valence-electron chi connectivity index (χ4n) is 1.61. The van der Waals surface area contributed by atoms with Gasteiger partial charge in [-0.2, -0.15) is 0 Å². The first-order chi connectivity index (χ1) is 6.72. The van der Waals surface area contributed by atoms with E-state index < -0.39 is 0 Å². The van der Waals surface area contributed by atoms with Gasteiger partial charge in [0.2, 0.25) is 0 Å². The summed E-state index contributed by atoms with van der Waals surface area (Å²) in [5.41, 5.74) is 6.52. The Hall–Kier alpha value is -1.29. The Labute approximate surface area is 81.6 Å². The maximum Gasteiger partial charge on any atom is 0.166 e. The summed E-state index contributed by atoms with van der Waals surface area (Å²) in [6.07, 6.45) is 0.708. The number of benzene rings is 1. The number of rotatable bonds is 1. The highest BCUT2D eigenvalue weighted by atomic mass is 19.1. The molecule has 0 bridgehead atoms. The van der Waals surface area contributed by atoms with Crippen LogP contribution in [0.1, 0.15) is 18.0 Å². The van der Waals surface area contributed by atoms with Crippen LogP contribution in [0.15, 0.2) is 12.1 Å². The second-order valence-corrected chi connectivity index (χ2v) is 3.27. The van der Waals surface area contributed by atoms with Crippen molar-refractivity contribution in [3.8, 4) is 11.5 Å². The van der Waals surface area contributed by atoms with Gasteiger partial charge in [0, 0.05) is 24.1 Å².